The van der Waals surface area contributed by atoms with Crippen molar-refractivity contribution in [3.05, 3.63) is 28.2 Å². The van der Waals surface area contributed by atoms with Gasteiger partial charge in [0, 0.05) is 9.22 Å². The number of hydrogen-bond acceptors (Lipinski definition) is 3. The number of amides is 1. The van der Waals surface area contributed by atoms with Crippen molar-refractivity contribution < 1.29 is 14.7 Å². The van der Waals surface area contributed by atoms with Crippen LogP contribution >= 0.6 is 27.7 Å². The molecule has 1 rings (SSSR count). The number of halogens is 1. The molecule has 0 heterocycles. The van der Waals surface area contributed by atoms with Crippen LogP contribution in [0.4, 0.5) is 5.69 Å². The third-order valence-electron chi connectivity index (χ3n) is 2.12. The molecule has 104 valence electrons. The van der Waals surface area contributed by atoms with Crippen LogP contribution in [0.15, 0.2) is 22.7 Å². The van der Waals surface area contributed by atoms with Crippen molar-refractivity contribution >= 4 is 45.3 Å². The molecule has 0 aliphatic carbocycles. The Labute approximate surface area is 125 Å². The van der Waals surface area contributed by atoms with E-state index in [-0.39, 0.29) is 16.2 Å². The van der Waals surface area contributed by atoms with Crippen LogP contribution in [0.3, 0.4) is 0 Å². The topological polar surface area (TPSA) is 66.4 Å². The van der Waals surface area contributed by atoms with Gasteiger partial charge in [-0.25, -0.2) is 4.79 Å². The quantitative estimate of drug-likeness (QED) is 0.874. The molecule has 0 aliphatic heterocycles. The van der Waals surface area contributed by atoms with E-state index in [0.29, 0.717) is 15.9 Å². The molecule has 2 N–H and O–H groups in total. The number of rotatable bonds is 4. The first-order valence-electron chi connectivity index (χ1n) is 5.66. The predicted octanol–water partition coefficient (Wildman–Crippen LogP) is 3.62. The Morgan fingerprint density at radius 1 is 1.37 bits per heavy atom. The summed E-state index contributed by atoms with van der Waals surface area (Å²) in [5.41, 5.74) is 0.612. The van der Waals surface area contributed by atoms with Crippen molar-refractivity contribution in [1.82, 2.24) is 0 Å². The lowest BCUT2D eigenvalue weighted by molar-refractivity contribution is -0.113. The smallest absolute Gasteiger partial charge is 0.335 e. The van der Waals surface area contributed by atoms with Crippen molar-refractivity contribution in [2.45, 2.75) is 25.5 Å². The van der Waals surface area contributed by atoms with Crippen LogP contribution in [0.2, 0.25) is 0 Å². The monoisotopic (exact) mass is 345 g/mol. The maximum atomic E-state index is 11.8. The van der Waals surface area contributed by atoms with Crippen molar-refractivity contribution in [3.63, 3.8) is 0 Å². The normalized spacial score (nSPS) is 11.2. The zero-order chi connectivity index (χ0) is 14.6. The average molecular weight is 346 g/mol. The highest BCUT2D eigenvalue weighted by Crippen LogP contribution is 2.26. The van der Waals surface area contributed by atoms with E-state index in [1.54, 1.807) is 6.07 Å². The zero-order valence-corrected chi connectivity index (χ0v) is 13.4. The second-order valence-corrected chi connectivity index (χ2v) is 7.61. The van der Waals surface area contributed by atoms with Crippen LogP contribution in [0, 0.1) is 0 Å². The van der Waals surface area contributed by atoms with Gasteiger partial charge in [-0.05, 0) is 34.1 Å². The van der Waals surface area contributed by atoms with E-state index >= 15 is 0 Å². The number of benzene rings is 1. The fraction of sp³-hybridized carbons (Fsp3) is 0.385. The van der Waals surface area contributed by atoms with Crippen LogP contribution in [0.1, 0.15) is 31.1 Å². The molecule has 1 aromatic carbocycles. The number of nitrogens with one attached hydrogen (secondary N) is 1. The average Bonchev–Trinajstić information content (AvgIpc) is 2.28. The van der Waals surface area contributed by atoms with Gasteiger partial charge >= 0.3 is 5.97 Å². The predicted molar refractivity (Wildman–Crippen MR) is 81.9 cm³/mol. The number of carboxylic acid groups (broad SMARTS) is 1. The molecule has 0 radical (unpaired) electrons. The molecule has 0 bridgehead atoms. The minimum atomic E-state index is -1.02. The summed E-state index contributed by atoms with van der Waals surface area (Å²) in [7, 11) is 0. The molecule has 6 heteroatoms. The molecular formula is C13H16BrNO3S. The van der Waals surface area contributed by atoms with E-state index in [4.69, 9.17) is 5.11 Å². The Hall–Kier alpha value is -1.01. The van der Waals surface area contributed by atoms with Crippen LogP contribution in [0.5, 0.6) is 0 Å². The summed E-state index contributed by atoms with van der Waals surface area (Å²) in [5, 5.41) is 11.6. The van der Waals surface area contributed by atoms with Crippen molar-refractivity contribution in [2.75, 3.05) is 11.1 Å². The number of thioether (sulfide) groups is 1. The summed E-state index contributed by atoms with van der Waals surface area (Å²) in [5.74, 6) is -0.844. The van der Waals surface area contributed by atoms with Crippen molar-refractivity contribution in [1.29, 1.82) is 0 Å². The molecule has 0 aliphatic rings. The summed E-state index contributed by atoms with van der Waals surface area (Å²) in [4.78, 5) is 22.7. The molecule has 0 saturated carbocycles. The van der Waals surface area contributed by atoms with Gasteiger partial charge in [0.2, 0.25) is 5.91 Å². The standard InChI is InChI=1S/C13H16BrNO3S/c1-13(2,3)19-7-11(16)15-10-6-8(12(17)18)4-5-9(10)14/h4-6H,7H2,1-3H3,(H,15,16)(H,17,18). The molecule has 0 unspecified atom stereocenters. The summed E-state index contributed by atoms with van der Waals surface area (Å²) in [6.45, 7) is 6.10. The first-order valence-corrected chi connectivity index (χ1v) is 7.43. The van der Waals surface area contributed by atoms with Gasteiger partial charge in [-0.2, -0.15) is 0 Å². The van der Waals surface area contributed by atoms with E-state index < -0.39 is 5.97 Å². The van der Waals surface area contributed by atoms with E-state index in [1.165, 1.54) is 23.9 Å². The Balaban J connectivity index is 2.73. The molecular weight excluding hydrogens is 330 g/mol. The van der Waals surface area contributed by atoms with Gasteiger partial charge in [0.25, 0.3) is 0 Å². The highest BCUT2D eigenvalue weighted by Gasteiger charge is 2.15. The number of carboxylic acids is 1. The minimum Gasteiger partial charge on any atom is -0.478 e. The van der Waals surface area contributed by atoms with Crippen molar-refractivity contribution in [3.8, 4) is 0 Å². The molecule has 19 heavy (non-hydrogen) atoms. The maximum Gasteiger partial charge on any atom is 0.335 e. The van der Waals surface area contributed by atoms with Crippen LogP contribution in [0.25, 0.3) is 0 Å². The summed E-state index contributed by atoms with van der Waals surface area (Å²) in [6, 6.07) is 4.52. The fourth-order valence-corrected chi connectivity index (χ4v) is 2.20. The van der Waals surface area contributed by atoms with Crippen LogP contribution < -0.4 is 5.32 Å². The molecule has 4 nitrogen and oxygen atoms in total. The van der Waals surface area contributed by atoms with E-state index in [9.17, 15) is 9.59 Å². The lowest BCUT2D eigenvalue weighted by Gasteiger charge is -2.17. The second kappa shape index (κ2) is 6.43. The molecule has 0 fully saturated rings. The van der Waals surface area contributed by atoms with Gasteiger partial charge < -0.3 is 10.4 Å². The highest BCUT2D eigenvalue weighted by atomic mass is 79.9. The van der Waals surface area contributed by atoms with Gasteiger partial charge in [0.15, 0.2) is 0 Å². The molecule has 1 amide bonds. The fourth-order valence-electron chi connectivity index (χ4n) is 1.22. The molecule has 0 aromatic heterocycles. The first-order chi connectivity index (χ1) is 8.69. The van der Waals surface area contributed by atoms with E-state index in [2.05, 4.69) is 21.2 Å². The lowest BCUT2D eigenvalue weighted by Crippen LogP contribution is -2.19. The van der Waals surface area contributed by atoms with E-state index in [0.717, 1.165) is 0 Å². The number of hydrogen-bond donors (Lipinski definition) is 2. The third-order valence-corrected chi connectivity index (χ3v) is 4.09. The highest BCUT2D eigenvalue weighted by molar-refractivity contribution is 9.10. The van der Waals surface area contributed by atoms with Crippen LogP contribution in [-0.4, -0.2) is 27.5 Å². The molecule has 0 atom stereocenters. The largest absolute Gasteiger partial charge is 0.478 e. The third kappa shape index (κ3) is 5.65. The lowest BCUT2D eigenvalue weighted by atomic mass is 10.2. The summed E-state index contributed by atoms with van der Waals surface area (Å²) >= 11 is 4.82. The molecule has 0 saturated heterocycles. The Kier molecular flexibility index (Phi) is 5.43. The Morgan fingerprint density at radius 2 is 2.00 bits per heavy atom. The van der Waals surface area contributed by atoms with Gasteiger partial charge in [-0.1, -0.05) is 20.8 Å². The van der Waals surface area contributed by atoms with Crippen LogP contribution in [-0.2, 0) is 4.79 Å². The summed E-state index contributed by atoms with van der Waals surface area (Å²) < 4.78 is 0.670. The maximum absolute atomic E-state index is 11.8. The summed E-state index contributed by atoms with van der Waals surface area (Å²) in [6.07, 6.45) is 0. The SMILES string of the molecule is CC(C)(C)SCC(=O)Nc1cc(C(=O)O)ccc1Br. The van der Waals surface area contributed by atoms with Gasteiger partial charge in [-0.15, -0.1) is 11.8 Å². The minimum absolute atomic E-state index is 0.0114. The zero-order valence-electron chi connectivity index (χ0n) is 11.0. The molecule has 0 spiro atoms. The number of aromatic carboxylic acids is 1. The Morgan fingerprint density at radius 3 is 2.53 bits per heavy atom. The molecule has 1 aromatic rings. The first kappa shape index (κ1) is 16.0. The number of anilines is 1. The second-order valence-electron chi connectivity index (χ2n) is 4.95. The van der Waals surface area contributed by atoms with Gasteiger partial charge in [0.05, 0.1) is 17.0 Å². The van der Waals surface area contributed by atoms with E-state index in [1.807, 2.05) is 20.8 Å². The van der Waals surface area contributed by atoms with Gasteiger partial charge in [0.1, 0.15) is 0 Å². The van der Waals surface area contributed by atoms with Crippen molar-refractivity contribution in [2.24, 2.45) is 0 Å². The number of carbonyl (C=O) groups excluding carboxylic acids is 1. The van der Waals surface area contributed by atoms with Gasteiger partial charge in [-0.3, -0.25) is 4.79 Å². The Bertz CT molecular complexity index is 497. The number of carbonyl (C=O) groups is 2.